The molecule has 0 bridgehead atoms. The largest absolute Gasteiger partial charge is 0.550 e. The third kappa shape index (κ3) is 4.82. The quantitative estimate of drug-likeness (QED) is 0.656. The highest BCUT2D eigenvalue weighted by atomic mass is 16.5. The van der Waals surface area contributed by atoms with Gasteiger partial charge in [0.2, 0.25) is 0 Å². The van der Waals surface area contributed by atoms with Gasteiger partial charge in [-0.25, -0.2) is 0 Å². The second kappa shape index (κ2) is 6.88. The Labute approximate surface area is 96.1 Å². The number of carboxylic acid groups (broad SMARTS) is 1. The highest BCUT2D eigenvalue weighted by molar-refractivity contribution is 5.64. The van der Waals surface area contributed by atoms with Crippen molar-refractivity contribution < 1.29 is 14.6 Å². The third-order valence-electron chi connectivity index (χ3n) is 2.26. The van der Waals surface area contributed by atoms with Crippen molar-refractivity contribution in [1.82, 2.24) is 0 Å². The topological polar surface area (TPSA) is 49.4 Å². The van der Waals surface area contributed by atoms with Crippen LogP contribution in [0.4, 0.5) is 0 Å². The Morgan fingerprint density at radius 3 is 2.56 bits per heavy atom. The highest BCUT2D eigenvalue weighted by Gasteiger charge is 1.95. The van der Waals surface area contributed by atoms with E-state index in [2.05, 4.69) is 6.92 Å². The monoisotopic (exact) mass is 221 g/mol. The molecule has 0 saturated heterocycles. The number of carbonyl (C=O) groups excluding carboxylic acids is 1. The fourth-order valence-corrected chi connectivity index (χ4v) is 1.45. The summed E-state index contributed by atoms with van der Waals surface area (Å²) in [4.78, 5) is 10.2. The molecule has 0 aromatic heterocycles. The van der Waals surface area contributed by atoms with Crippen LogP contribution in [0.2, 0.25) is 0 Å². The van der Waals surface area contributed by atoms with Crippen LogP contribution in [0, 0.1) is 0 Å². The number of aliphatic carboxylic acids is 1. The van der Waals surface area contributed by atoms with E-state index in [0.29, 0.717) is 13.0 Å². The Kier molecular flexibility index (Phi) is 5.40. The molecule has 0 atom stereocenters. The molecule has 3 heteroatoms. The molecular formula is C13H17O3-. The lowest BCUT2D eigenvalue weighted by Gasteiger charge is -2.07. The lowest BCUT2D eigenvalue weighted by atomic mass is 10.1. The van der Waals surface area contributed by atoms with Crippen LogP contribution in [0.1, 0.15) is 31.7 Å². The second-order valence-corrected chi connectivity index (χ2v) is 3.72. The van der Waals surface area contributed by atoms with Crippen LogP contribution in [-0.4, -0.2) is 12.6 Å². The Bertz CT molecular complexity index is 316. The predicted octanol–water partition coefficient (Wildman–Crippen LogP) is 1.55. The number of aryl methyl sites for hydroxylation is 1. The van der Waals surface area contributed by atoms with E-state index < -0.39 is 5.97 Å². The number of hydrogen-bond acceptors (Lipinski definition) is 3. The number of carboxylic acids is 1. The SMILES string of the molecule is CCCc1ccc(OCCCC(=O)[O-])cc1. The van der Waals surface area contributed by atoms with Crippen molar-refractivity contribution in [2.24, 2.45) is 0 Å². The summed E-state index contributed by atoms with van der Waals surface area (Å²) < 4.78 is 5.40. The summed E-state index contributed by atoms with van der Waals surface area (Å²) in [7, 11) is 0. The molecule has 88 valence electrons. The van der Waals surface area contributed by atoms with E-state index in [0.717, 1.165) is 18.6 Å². The average molecular weight is 221 g/mol. The van der Waals surface area contributed by atoms with Crippen molar-refractivity contribution in [1.29, 1.82) is 0 Å². The number of carbonyl (C=O) groups is 1. The van der Waals surface area contributed by atoms with Crippen LogP contribution >= 0.6 is 0 Å². The molecule has 3 nitrogen and oxygen atoms in total. The minimum atomic E-state index is -1.03. The second-order valence-electron chi connectivity index (χ2n) is 3.72. The zero-order chi connectivity index (χ0) is 11.8. The van der Waals surface area contributed by atoms with E-state index in [1.807, 2.05) is 24.3 Å². The minimum Gasteiger partial charge on any atom is -0.550 e. The first-order chi connectivity index (χ1) is 7.72. The Morgan fingerprint density at radius 1 is 1.31 bits per heavy atom. The van der Waals surface area contributed by atoms with Crippen molar-refractivity contribution >= 4 is 5.97 Å². The molecule has 0 spiro atoms. The van der Waals surface area contributed by atoms with Crippen molar-refractivity contribution in [2.75, 3.05) is 6.61 Å². The molecule has 0 amide bonds. The average Bonchev–Trinajstić information content (AvgIpc) is 2.27. The lowest BCUT2D eigenvalue weighted by Crippen LogP contribution is -2.22. The summed E-state index contributed by atoms with van der Waals surface area (Å²) in [6, 6.07) is 7.92. The van der Waals surface area contributed by atoms with Gasteiger partial charge in [-0.05, 0) is 37.0 Å². The van der Waals surface area contributed by atoms with E-state index in [1.165, 1.54) is 5.56 Å². The summed E-state index contributed by atoms with van der Waals surface area (Å²) in [6.07, 6.45) is 2.74. The van der Waals surface area contributed by atoms with Crippen LogP contribution in [0.25, 0.3) is 0 Å². The number of ether oxygens (including phenoxy) is 1. The van der Waals surface area contributed by atoms with Gasteiger partial charge in [-0.15, -0.1) is 0 Å². The van der Waals surface area contributed by atoms with Crippen molar-refractivity contribution in [3.05, 3.63) is 29.8 Å². The number of benzene rings is 1. The molecule has 0 radical (unpaired) electrons. The van der Waals surface area contributed by atoms with Gasteiger partial charge in [0.1, 0.15) is 5.75 Å². The zero-order valence-electron chi connectivity index (χ0n) is 9.57. The molecule has 16 heavy (non-hydrogen) atoms. The smallest absolute Gasteiger partial charge is 0.119 e. The Morgan fingerprint density at radius 2 is 2.00 bits per heavy atom. The zero-order valence-corrected chi connectivity index (χ0v) is 9.57. The first kappa shape index (κ1) is 12.6. The van der Waals surface area contributed by atoms with Gasteiger partial charge < -0.3 is 14.6 Å². The first-order valence-electron chi connectivity index (χ1n) is 5.64. The Hall–Kier alpha value is -1.51. The van der Waals surface area contributed by atoms with Gasteiger partial charge in [0.15, 0.2) is 0 Å². The molecule has 0 heterocycles. The maximum Gasteiger partial charge on any atom is 0.119 e. The molecule has 0 fully saturated rings. The van der Waals surface area contributed by atoms with Gasteiger partial charge >= 0.3 is 0 Å². The van der Waals surface area contributed by atoms with Crippen LogP contribution in [0.5, 0.6) is 5.75 Å². The van der Waals surface area contributed by atoms with E-state index >= 15 is 0 Å². The van der Waals surface area contributed by atoms with E-state index in [-0.39, 0.29) is 6.42 Å². The maximum atomic E-state index is 10.2. The van der Waals surface area contributed by atoms with Crippen molar-refractivity contribution in [3.63, 3.8) is 0 Å². The van der Waals surface area contributed by atoms with Crippen LogP contribution in [0.15, 0.2) is 24.3 Å². The summed E-state index contributed by atoms with van der Waals surface area (Å²) >= 11 is 0. The predicted molar refractivity (Wildman–Crippen MR) is 60.2 cm³/mol. The molecule has 0 N–H and O–H groups in total. The molecule has 0 aliphatic carbocycles. The normalized spacial score (nSPS) is 10.1. The summed E-state index contributed by atoms with van der Waals surface area (Å²) in [5.74, 6) is -0.236. The minimum absolute atomic E-state index is 0.0495. The number of hydrogen-bond donors (Lipinski definition) is 0. The van der Waals surface area contributed by atoms with E-state index in [4.69, 9.17) is 4.74 Å². The molecule has 1 aromatic carbocycles. The fourth-order valence-electron chi connectivity index (χ4n) is 1.45. The van der Waals surface area contributed by atoms with Crippen LogP contribution in [-0.2, 0) is 11.2 Å². The molecule has 0 aliphatic heterocycles. The van der Waals surface area contributed by atoms with Crippen LogP contribution < -0.4 is 9.84 Å². The van der Waals surface area contributed by atoms with Gasteiger partial charge in [0.05, 0.1) is 6.61 Å². The van der Waals surface area contributed by atoms with E-state index in [1.54, 1.807) is 0 Å². The first-order valence-corrected chi connectivity index (χ1v) is 5.64. The molecule has 0 unspecified atom stereocenters. The molecule has 0 aliphatic rings. The molecular weight excluding hydrogens is 204 g/mol. The molecule has 1 aromatic rings. The van der Waals surface area contributed by atoms with Gasteiger partial charge in [-0.2, -0.15) is 0 Å². The van der Waals surface area contributed by atoms with Gasteiger partial charge in [0.25, 0.3) is 0 Å². The Balaban J connectivity index is 2.29. The van der Waals surface area contributed by atoms with E-state index in [9.17, 15) is 9.90 Å². The number of rotatable bonds is 7. The summed E-state index contributed by atoms with van der Waals surface area (Å²) in [5, 5.41) is 10.2. The van der Waals surface area contributed by atoms with Gasteiger partial charge in [0, 0.05) is 5.97 Å². The van der Waals surface area contributed by atoms with Gasteiger partial charge in [-0.1, -0.05) is 25.5 Å². The summed E-state index contributed by atoms with van der Waals surface area (Å²) in [5.41, 5.74) is 1.30. The highest BCUT2D eigenvalue weighted by Crippen LogP contribution is 2.13. The standard InChI is InChI=1S/C13H18O3/c1-2-4-11-6-8-12(9-7-11)16-10-3-5-13(14)15/h6-9H,2-5,10H2,1H3,(H,14,15)/p-1. The maximum absolute atomic E-state index is 10.2. The van der Waals surface area contributed by atoms with Crippen molar-refractivity contribution in [3.8, 4) is 5.75 Å². The van der Waals surface area contributed by atoms with Gasteiger partial charge in [-0.3, -0.25) is 0 Å². The van der Waals surface area contributed by atoms with Crippen LogP contribution in [0.3, 0.4) is 0 Å². The lowest BCUT2D eigenvalue weighted by molar-refractivity contribution is -0.305. The molecule has 1 rings (SSSR count). The fraction of sp³-hybridized carbons (Fsp3) is 0.462. The molecule has 0 saturated carbocycles. The van der Waals surface area contributed by atoms with Crippen molar-refractivity contribution in [2.45, 2.75) is 32.6 Å². The third-order valence-corrected chi connectivity index (χ3v) is 2.26. The summed E-state index contributed by atoms with van der Waals surface area (Å²) in [6.45, 7) is 2.56.